The smallest absolute Gasteiger partial charge is 0.208 e. The van der Waals surface area contributed by atoms with E-state index in [4.69, 9.17) is 0 Å². The molecule has 11 heavy (non-hydrogen) atoms. The van der Waals surface area contributed by atoms with Gasteiger partial charge in [0.1, 0.15) is 0 Å². The summed E-state index contributed by atoms with van der Waals surface area (Å²) in [5, 5.41) is 0.408. The first kappa shape index (κ1) is 10.9. The molecule has 8 heteroatoms. The predicted molar refractivity (Wildman–Crippen MR) is 38.8 cm³/mol. The molecule has 0 N–H and O–H groups in total. The van der Waals surface area contributed by atoms with Crippen molar-refractivity contribution in [3.05, 3.63) is 11.5 Å². The van der Waals surface area contributed by atoms with E-state index in [-0.39, 0.29) is 0 Å². The Morgan fingerprint density at radius 1 is 1.27 bits per heavy atom. The SMILES string of the molecule is O=S(=O)(Cl)C=CCS(=O)(=O)F. The van der Waals surface area contributed by atoms with Crippen molar-refractivity contribution in [1.82, 2.24) is 0 Å². The van der Waals surface area contributed by atoms with Crippen molar-refractivity contribution in [2.45, 2.75) is 0 Å². The molecule has 0 fully saturated rings. The molecular formula is C3H4ClFO4S2. The summed E-state index contributed by atoms with van der Waals surface area (Å²) in [6.07, 6.45) is 0.609. The van der Waals surface area contributed by atoms with Crippen molar-refractivity contribution in [3.8, 4) is 0 Å². The molecule has 0 heterocycles. The van der Waals surface area contributed by atoms with Gasteiger partial charge in [0.2, 0.25) is 0 Å². The Morgan fingerprint density at radius 3 is 2.00 bits per heavy atom. The van der Waals surface area contributed by atoms with Crippen LogP contribution in [-0.2, 0) is 19.3 Å². The van der Waals surface area contributed by atoms with E-state index in [9.17, 15) is 20.7 Å². The van der Waals surface area contributed by atoms with Crippen LogP contribution in [0.5, 0.6) is 0 Å². The Bertz CT molecular complexity index is 340. The minimum absolute atomic E-state index is 0.408. The molecule has 4 nitrogen and oxygen atoms in total. The topological polar surface area (TPSA) is 68.3 Å². The zero-order valence-electron chi connectivity index (χ0n) is 5.07. The third kappa shape index (κ3) is 9.86. The number of halogens is 2. The van der Waals surface area contributed by atoms with E-state index in [0.717, 1.165) is 0 Å². The predicted octanol–water partition coefficient (Wildman–Crippen LogP) is 0.368. The van der Waals surface area contributed by atoms with E-state index in [1.807, 2.05) is 0 Å². The highest BCUT2D eigenvalue weighted by atomic mass is 35.7. The molecule has 0 aliphatic heterocycles. The maximum atomic E-state index is 11.6. The van der Waals surface area contributed by atoms with Crippen LogP contribution >= 0.6 is 10.7 Å². The number of rotatable bonds is 3. The van der Waals surface area contributed by atoms with E-state index in [0.29, 0.717) is 11.5 Å². The van der Waals surface area contributed by atoms with Crippen LogP contribution in [0.15, 0.2) is 11.5 Å². The third-order valence-corrected chi connectivity index (χ3v) is 1.97. The van der Waals surface area contributed by atoms with Gasteiger partial charge < -0.3 is 0 Å². The van der Waals surface area contributed by atoms with E-state index < -0.39 is 25.0 Å². The van der Waals surface area contributed by atoms with Gasteiger partial charge in [-0.25, -0.2) is 8.42 Å². The fourth-order valence-electron chi connectivity index (χ4n) is 0.269. The van der Waals surface area contributed by atoms with Gasteiger partial charge in [0.05, 0.1) is 5.75 Å². The van der Waals surface area contributed by atoms with Crippen molar-refractivity contribution in [1.29, 1.82) is 0 Å². The van der Waals surface area contributed by atoms with Gasteiger partial charge in [0.25, 0.3) is 9.05 Å². The molecule has 0 aliphatic rings. The highest BCUT2D eigenvalue weighted by molar-refractivity contribution is 8.16. The number of hydrogen-bond donors (Lipinski definition) is 0. The van der Waals surface area contributed by atoms with Gasteiger partial charge in [-0.05, 0) is 0 Å². The zero-order valence-corrected chi connectivity index (χ0v) is 7.46. The Labute approximate surface area is 68.3 Å². The summed E-state index contributed by atoms with van der Waals surface area (Å²) in [6.45, 7) is 0. The van der Waals surface area contributed by atoms with Gasteiger partial charge in [-0.15, -0.1) is 3.89 Å². The van der Waals surface area contributed by atoms with Crippen LogP contribution in [0.2, 0.25) is 0 Å². The molecule has 0 rings (SSSR count). The fourth-order valence-corrected chi connectivity index (χ4v) is 1.26. The first-order valence-corrected chi connectivity index (χ1v) is 6.17. The molecule has 0 saturated carbocycles. The largest absolute Gasteiger partial charge is 0.306 e. The van der Waals surface area contributed by atoms with Crippen molar-refractivity contribution in [3.63, 3.8) is 0 Å². The van der Waals surface area contributed by atoms with Gasteiger partial charge in [-0.2, -0.15) is 8.42 Å². The summed E-state index contributed by atoms with van der Waals surface area (Å²) in [5.41, 5.74) is 0. The van der Waals surface area contributed by atoms with Crippen LogP contribution in [0.25, 0.3) is 0 Å². The maximum absolute atomic E-state index is 11.6. The van der Waals surface area contributed by atoms with Crippen LogP contribution in [0.1, 0.15) is 0 Å². The first-order chi connectivity index (χ1) is 4.71. The lowest BCUT2D eigenvalue weighted by molar-refractivity contribution is 0.555. The Kier molecular flexibility index (Phi) is 3.46. The quantitative estimate of drug-likeness (QED) is 0.647. The minimum Gasteiger partial charge on any atom is -0.208 e. The van der Waals surface area contributed by atoms with Crippen molar-refractivity contribution in [2.24, 2.45) is 0 Å². The number of hydrogen-bond acceptors (Lipinski definition) is 4. The van der Waals surface area contributed by atoms with Crippen LogP contribution in [0.4, 0.5) is 3.89 Å². The second kappa shape index (κ2) is 3.51. The van der Waals surface area contributed by atoms with Gasteiger partial charge in [-0.1, -0.05) is 6.08 Å². The summed E-state index contributed by atoms with van der Waals surface area (Å²) in [6, 6.07) is 0. The molecule has 0 aromatic carbocycles. The molecule has 0 bridgehead atoms. The average Bonchev–Trinajstić information content (AvgIpc) is 1.55. The molecule has 0 unspecified atom stereocenters. The van der Waals surface area contributed by atoms with Gasteiger partial charge in [-0.3, -0.25) is 0 Å². The molecule has 0 amide bonds. The molecule has 0 saturated heterocycles. The fraction of sp³-hybridized carbons (Fsp3) is 0.333. The molecule has 0 radical (unpaired) electrons. The normalized spacial score (nSPS) is 14.0. The molecule has 0 atom stereocenters. The molecule has 0 spiro atoms. The molecule has 0 aromatic rings. The van der Waals surface area contributed by atoms with E-state index in [2.05, 4.69) is 10.7 Å². The van der Waals surface area contributed by atoms with Crippen LogP contribution in [0.3, 0.4) is 0 Å². The third-order valence-electron chi connectivity index (χ3n) is 0.554. The highest BCUT2D eigenvalue weighted by Gasteiger charge is 2.04. The Balaban J connectivity index is 4.23. The van der Waals surface area contributed by atoms with Crippen LogP contribution in [-0.4, -0.2) is 22.6 Å². The lowest BCUT2D eigenvalue weighted by Gasteiger charge is -1.83. The van der Waals surface area contributed by atoms with Gasteiger partial charge >= 0.3 is 10.2 Å². The highest BCUT2D eigenvalue weighted by Crippen LogP contribution is 1.99. The monoisotopic (exact) mass is 222 g/mol. The van der Waals surface area contributed by atoms with Crippen molar-refractivity contribution >= 4 is 30.0 Å². The molecule has 0 aliphatic carbocycles. The second-order valence-corrected chi connectivity index (χ2v) is 5.48. The Hall–Kier alpha value is -0.140. The van der Waals surface area contributed by atoms with Gasteiger partial charge in [0, 0.05) is 16.1 Å². The van der Waals surface area contributed by atoms with Crippen LogP contribution < -0.4 is 0 Å². The van der Waals surface area contributed by atoms with E-state index in [1.165, 1.54) is 0 Å². The molecule has 66 valence electrons. The summed E-state index contributed by atoms with van der Waals surface area (Å²) in [5.74, 6) is -0.987. The molecule has 0 aromatic heterocycles. The summed E-state index contributed by atoms with van der Waals surface area (Å²) in [7, 11) is -3.91. The van der Waals surface area contributed by atoms with Crippen LogP contribution in [0, 0.1) is 0 Å². The summed E-state index contributed by atoms with van der Waals surface area (Å²) >= 11 is 0. The minimum atomic E-state index is -4.66. The first-order valence-electron chi connectivity index (χ1n) is 2.24. The lowest BCUT2D eigenvalue weighted by Crippen LogP contribution is -1.94. The summed E-state index contributed by atoms with van der Waals surface area (Å²) < 4.78 is 51.3. The lowest BCUT2D eigenvalue weighted by atomic mass is 10.8. The molecular weight excluding hydrogens is 219 g/mol. The van der Waals surface area contributed by atoms with Gasteiger partial charge in [0.15, 0.2) is 0 Å². The maximum Gasteiger partial charge on any atom is 0.306 e. The van der Waals surface area contributed by atoms with Crippen molar-refractivity contribution < 1.29 is 20.7 Å². The van der Waals surface area contributed by atoms with E-state index >= 15 is 0 Å². The second-order valence-electron chi connectivity index (χ2n) is 1.55. The zero-order chi connectivity index (χ0) is 9.12. The Morgan fingerprint density at radius 2 is 1.73 bits per heavy atom. The standard InChI is InChI=1S/C3H4ClFO4S2/c4-10(6,7)2-1-3-11(5,8)9/h1-2H,3H2. The average molecular weight is 223 g/mol. The van der Waals surface area contributed by atoms with E-state index in [1.54, 1.807) is 0 Å². The van der Waals surface area contributed by atoms with Crippen molar-refractivity contribution in [2.75, 3.05) is 5.75 Å². The summed E-state index contributed by atoms with van der Waals surface area (Å²) in [4.78, 5) is 0.